The number of likely N-dealkylation sites (N-methyl/N-ethyl adjacent to an activating group) is 1. The lowest BCUT2D eigenvalue weighted by molar-refractivity contribution is 0.186. The van der Waals surface area contributed by atoms with Crippen LogP contribution in [0.25, 0.3) is 0 Å². The number of nitrogens with zero attached hydrogens (tertiary/aromatic N) is 2. The van der Waals surface area contributed by atoms with Crippen LogP contribution >= 0.6 is 0 Å². The highest BCUT2D eigenvalue weighted by molar-refractivity contribution is 4.89. The predicted molar refractivity (Wildman–Crippen MR) is 67.0 cm³/mol. The highest BCUT2D eigenvalue weighted by Gasteiger charge is 2.25. The van der Waals surface area contributed by atoms with Crippen molar-refractivity contribution in [2.24, 2.45) is 0 Å². The van der Waals surface area contributed by atoms with Crippen molar-refractivity contribution in [3.63, 3.8) is 0 Å². The number of likely N-dealkylation sites (tertiary alicyclic amines) is 1. The summed E-state index contributed by atoms with van der Waals surface area (Å²) in [5.41, 5.74) is 0. The smallest absolute Gasteiger partial charge is 0.0223 e. The number of rotatable bonds is 6. The van der Waals surface area contributed by atoms with Crippen LogP contribution in [0.2, 0.25) is 0 Å². The third-order valence-corrected chi connectivity index (χ3v) is 3.38. The zero-order chi connectivity index (χ0) is 11.3. The van der Waals surface area contributed by atoms with Gasteiger partial charge in [0.25, 0.3) is 0 Å². The second-order valence-electron chi connectivity index (χ2n) is 4.96. The molecular formula is C13H27N2. The van der Waals surface area contributed by atoms with Crippen LogP contribution < -0.4 is 0 Å². The lowest BCUT2D eigenvalue weighted by Gasteiger charge is -2.30. The molecule has 0 unspecified atom stereocenters. The molecule has 1 saturated heterocycles. The largest absolute Gasteiger partial charge is 0.302 e. The molecule has 1 aliphatic rings. The summed E-state index contributed by atoms with van der Waals surface area (Å²) in [6, 6.07) is 0.805. The van der Waals surface area contributed by atoms with Gasteiger partial charge in [0, 0.05) is 19.1 Å². The molecule has 0 N–H and O–H groups in total. The molecule has 15 heavy (non-hydrogen) atoms. The van der Waals surface area contributed by atoms with Crippen LogP contribution in [0.3, 0.4) is 0 Å². The Morgan fingerprint density at radius 1 is 1.27 bits per heavy atom. The molecule has 0 bridgehead atoms. The zero-order valence-corrected chi connectivity index (χ0v) is 10.9. The minimum atomic E-state index is 0.805. The maximum atomic E-state index is 2.66. The van der Waals surface area contributed by atoms with Gasteiger partial charge in [-0.05, 0) is 38.4 Å². The van der Waals surface area contributed by atoms with E-state index in [1.165, 1.54) is 45.6 Å². The van der Waals surface area contributed by atoms with Crippen LogP contribution in [0.4, 0.5) is 0 Å². The third-order valence-electron chi connectivity index (χ3n) is 3.38. The van der Waals surface area contributed by atoms with E-state index < -0.39 is 0 Å². The first-order valence-electron chi connectivity index (χ1n) is 6.42. The molecule has 1 rings (SSSR count). The molecular weight excluding hydrogens is 184 g/mol. The van der Waals surface area contributed by atoms with Crippen molar-refractivity contribution in [2.45, 2.75) is 46.6 Å². The molecule has 0 spiro atoms. The normalized spacial score (nSPS) is 23.2. The third kappa shape index (κ3) is 4.12. The van der Waals surface area contributed by atoms with Gasteiger partial charge in [-0.25, -0.2) is 0 Å². The molecule has 0 aromatic rings. The van der Waals surface area contributed by atoms with Crippen molar-refractivity contribution in [3.8, 4) is 0 Å². The number of hydrogen-bond donors (Lipinski definition) is 0. The van der Waals surface area contributed by atoms with Crippen LogP contribution in [0.5, 0.6) is 0 Å². The average Bonchev–Trinajstić information content (AvgIpc) is 2.61. The molecule has 2 nitrogen and oxygen atoms in total. The van der Waals surface area contributed by atoms with Gasteiger partial charge < -0.3 is 4.90 Å². The fourth-order valence-electron chi connectivity index (χ4n) is 2.50. The second kappa shape index (κ2) is 6.49. The highest BCUT2D eigenvalue weighted by Crippen LogP contribution is 2.19. The number of hydrogen-bond acceptors (Lipinski definition) is 2. The molecule has 0 aromatic heterocycles. The van der Waals surface area contributed by atoms with E-state index in [4.69, 9.17) is 0 Å². The van der Waals surface area contributed by atoms with Gasteiger partial charge in [0.15, 0.2) is 0 Å². The summed E-state index contributed by atoms with van der Waals surface area (Å²) in [5.74, 6) is 1.54. The summed E-state index contributed by atoms with van der Waals surface area (Å²) in [5, 5.41) is 0. The second-order valence-corrected chi connectivity index (χ2v) is 4.96. The minimum Gasteiger partial charge on any atom is -0.302 e. The topological polar surface area (TPSA) is 6.48 Å². The van der Waals surface area contributed by atoms with Crippen LogP contribution in [0.1, 0.15) is 40.5 Å². The molecule has 0 saturated carbocycles. The van der Waals surface area contributed by atoms with Gasteiger partial charge in [0.05, 0.1) is 0 Å². The molecule has 0 aromatic carbocycles. The van der Waals surface area contributed by atoms with E-state index in [0.717, 1.165) is 6.04 Å². The Hall–Kier alpha value is -0.0800. The first-order chi connectivity index (χ1) is 7.17. The van der Waals surface area contributed by atoms with Crippen molar-refractivity contribution in [1.29, 1.82) is 0 Å². The highest BCUT2D eigenvalue weighted by atomic mass is 15.2. The molecule has 0 aliphatic carbocycles. The van der Waals surface area contributed by atoms with Crippen LogP contribution in [-0.2, 0) is 0 Å². The van der Waals surface area contributed by atoms with E-state index in [9.17, 15) is 0 Å². The van der Waals surface area contributed by atoms with Gasteiger partial charge in [-0.3, -0.25) is 4.90 Å². The van der Waals surface area contributed by atoms with E-state index in [1.807, 2.05) is 0 Å². The average molecular weight is 211 g/mol. The quantitative estimate of drug-likeness (QED) is 0.666. The molecule has 0 amide bonds. The van der Waals surface area contributed by atoms with E-state index in [1.54, 1.807) is 5.92 Å². The van der Waals surface area contributed by atoms with Gasteiger partial charge in [0.2, 0.25) is 0 Å². The molecule has 1 aliphatic heterocycles. The van der Waals surface area contributed by atoms with Crippen LogP contribution in [0.15, 0.2) is 0 Å². The Kier molecular flexibility index (Phi) is 5.62. The SMILES string of the molecule is CCN(CC)C[C@H]1CCCN1C[C](C)C. The maximum Gasteiger partial charge on any atom is 0.0223 e. The summed E-state index contributed by atoms with van der Waals surface area (Å²) < 4.78 is 0. The van der Waals surface area contributed by atoms with Crippen molar-refractivity contribution in [3.05, 3.63) is 5.92 Å². The molecule has 1 heterocycles. The molecule has 89 valence electrons. The fraction of sp³-hybridized carbons (Fsp3) is 0.923. The summed E-state index contributed by atoms with van der Waals surface area (Å²) in [7, 11) is 0. The van der Waals surface area contributed by atoms with Gasteiger partial charge in [-0.15, -0.1) is 0 Å². The summed E-state index contributed by atoms with van der Waals surface area (Å²) in [6.07, 6.45) is 2.78. The van der Waals surface area contributed by atoms with Gasteiger partial charge in [0.1, 0.15) is 0 Å². The molecule has 1 radical (unpaired) electrons. The van der Waals surface area contributed by atoms with E-state index in [-0.39, 0.29) is 0 Å². The van der Waals surface area contributed by atoms with Gasteiger partial charge in [-0.1, -0.05) is 27.7 Å². The van der Waals surface area contributed by atoms with Crippen molar-refractivity contribution in [1.82, 2.24) is 9.80 Å². The fourth-order valence-corrected chi connectivity index (χ4v) is 2.50. The monoisotopic (exact) mass is 211 g/mol. The standard InChI is InChI=1S/C13H27N2/c1-5-14(6-2)11-13-8-7-9-15(13)10-12(3)4/h13H,5-11H2,1-4H3/t13-/m1/s1. The van der Waals surface area contributed by atoms with Crippen molar-refractivity contribution in [2.75, 3.05) is 32.7 Å². The molecule has 2 heteroatoms. The zero-order valence-electron chi connectivity index (χ0n) is 10.9. The van der Waals surface area contributed by atoms with E-state index in [2.05, 4.69) is 37.5 Å². The Bertz CT molecular complexity index is 164. The minimum absolute atomic E-state index is 0.805. The first kappa shape index (κ1) is 13.0. The lowest BCUT2D eigenvalue weighted by atomic mass is 10.1. The van der Waals surface area contributed by atoms with E-state index >= 15 is 0 Å². The van der Waals surface area contributed by atoms with E-state index in [0.29, 0.717) is 0 Å². The van der Waals surface area contributed by atoms with Crippen molar-refractivity contribution >= 4 is 0 Å². The molecule has 1 atom stereocenters. The summed E-state index contributed by atoms with van der Waals surface area (Å²) in [4.78, 5) is 5.21. The Labute approximate surface area is 95.6 Å². The van der Waals surface area contributed by atoms with Crippen LogP contribution in [0, 0.1) is 5.92 Å². The maximum absolute atomic E-state index is 2.66. The summed E-state index contributed by atoms with van der Waals surface area (Å²) in [6.45, 7) is 15.2. The Morgan fingerprint density at radius 3 is 2.47 bits per heavy atom. The van der Waals surface area contributed by atoms with Crippen LogP contribution in [-0.4, -0.2) is 48.6 Å². The lowest BCUT2D eigenvalue weighted by Crippen LogP contribution is -2.41. The first-order valence-corrected chi connectivity index (χ1v) is 6.42. The Morgan fingerprint density at radius 2 is 1.93 bits per heavy atom. The van der Waals surface area contributed by atoms with Gasteiger partial charge in [-0.2, -0.15) is 0 Å². The van der Waals surface area contributed by atoms with Gasteiger partial charge >= 0.3 is 0 Å². The Balaban J connectivity index is 2.38. The molecule has 1 fully saturated rings. The predicted octanol–water partition coefficient (Wildman–Crippen LogP) is 2.41. The summed E-state index contributed by atoms with van der Waals surface area (Å²) >= 11 is 0. The van der Waals surface area contributed by atoms with Crippen molar-refractivity contribution < 1.29 is 0 Å².